The number of fused-ring (bicyclic) bond motifs is 2. The van der Waals surface area contributed by atoms with E-state index in [-0.39, 0.29) is 67.4 Å². The third-order valence-electron chi connectivity index (χ3n) is 10.7. The number of likely N-dealkylation sites (tertiary alicyclic amines) is 2. The van der Waals surface area contributed by atoms with Crippen molar-refractivity contribution in [1.82, 2.24) is 29.7 Å². The van der Waals surface area contributed by atoms with Gasteiger partial charge in [-0.25, -0.2) is 38.3 Å². The van der Waals surface area contributed by atoms with E-state index in [1.54, 1.807) is 9.80 Å². The van der Waals surface area contributed by atoms with Crippen LogP contribution >= 0.6 is 46.4 Å². The first-order valence-corrected chi connectivity index (χ1v) is 22.8. The number of piperidine rings is 2. The quantitative estimate of drug-likeness (QED) is 0.149. The molecule has 4 heterocycles. The minimum Gasteiger partial charge on any atom is -0.444 e. The standard InChI is InChI=1S/2C24H24Cl2FN3O3/c2*1-24(2,3)33-23(31)30-10-4-5-15(12-30)14-6-8-18-16(11-14)22(29-13-28-18)32-19-9-7-17(25)20(26)21(19)27/h2*6-9,11,13,15H,4-5,10,12H2,1-3H3/t15-;/m1./s1. The first kappa shape index (κ1) is 48.6. The summed E-state index contributed by atoms with van der Waals surface area (Å²) in [5.41, 5.74) is 2.26. The second-order valence-electron chi connectivity index (χ2n) is 18.0. The molecule has 4 aromatic carbocycles. The molecule has 0 aliphatic carbocycles. The topological polar surface area (TPSA) is 129 Å². The van der Waals surface area contributed by atoms with Crippen molar-refractivity contribution < 1.29 is 37.3 Å². The molecule has 12 nitrogen and oxygen atoms in total. The van der Waals surface area contributed by atoms with Crippen LogP contribution in [0.5, 0.6) is 23.3 Å². The van der Waals surface area contributed by atoms with Crippen molar-refractivity contribution in [3.05, 3.63) is 116 Å². The first-order chi connectivity index (χ1) is 31.2. The lowest BCUT2D eigenvalue weighted by Gasteiger charge is -2.34. The van der Waals surface area contributed by atoms with Gasteiger partial charge in [0.25, 0.3) is 0 Å². The van der Waals surface area contributed by atoms with Gasteiger partial charge in [0.15, 0.2) is 23.1 Å². The van der Waals surface area contributed by atoms with Gasteiger partial charge >= 0.3 is 12.2 Å². The van der Waals surface area contributed by atoms with Crippen LogP contribution in [0.2, 0.25) is 20.1 Å². The number of amides is 2. The van der Waals surface area contributed by atoms with Crippen LogP contribution < -0.4 is 9.47 Å². The van der Waals surface area contributed by atoms with E-state index in [2.05, 4.69) is 19.9 Å². The summed E-state index contributed by atoms with van der Waals surface area (Å²) >= 11 is 23.6. The summed E-state index contributed by atoms with van der Waals surface area (Å²) in [5, 5.41) is 1.05. The molecule has 348 valence electrons. The van der Waals surface area contributed by atoms with Crippen molar-refractivity contribution in [3.63, 3.8) is 0 Å². The van der Waals surface area contributed by atoms with Crippen LogP contribution in [0.1, 0.15) is 90.2 Å². The number of benzene rings is 4. The number of carbonyl (C=O) groups is 2. The zero-order valence-electron chi connectivity index (χ0n) is 37.1. The number of hydrogen-bond donors (Lipinski definition) is 0. The van der Waals surface area contributed by atoms with E-state index in [1.165, 1.54) is 36.9 Å². The van der Waals surface area contributed by atoms with Crippen LogP contribution in [0.4, 0.5) is 18.4 Å². The molecule has 6 aromatic rings. The van der Waals surface area contributed by atoms with Gasteiger partial charge in [-0.05, 0) is 127 Å². The number of halogens is 6. The molecule has 0 bridgehead atoms. The Hall–Kier alpha value is -5.28. The molecule has 2 aliphatic heterocycles. The van der Waals surface area contributed by atoms with E-state index in [0.717, 1.165) is 36.8 Å². The maximum Gasteiger partial charge on any atom is 0.410 e. The van der Waals surface area contributed by atoms with Crippen molar-refractivity contribution in [1.29, 1.82) is 0 Å². The highest BCUT2D eigenvalue weighted by Crippen LogP contribution is 2.39. The van der Waals surface area contributed by atoms with Crippen molar-refractivity contribution in [2.45, 2.75) is 90.3 Å². The molecule has 0 spiro atoms. The molecule has 2 aromatic heterocycles. The summed E-state index contributed by atoms with van der Waals surface area (Å²) in [6.45, 7) is 13.5. The van der Waals surface area contributed by atoms with Gasteiger partial charge in [-0.2, -0.15) is 0 Å². The summed E-state index contributed by atoms with van der Waals surface area (Å²) in [7, 11) is 0. The van der Waals surface area contributed by atoms with Crippen LogP contribution in [0.25, 0.3) is 21.8 Å². The average molecular weight is 985 g/mol. The van der Waals surface area contributed by atoms with E-state index in [9.17, 15) is 18.4 Å². The van der Waals surface area contributed by atoms with Gasteiger partial charge in [0.2, 0.25) is 11.8 Å². The molecule has 1 unspecified atom stereocenters. The molecular weight excluding hydrogens is 936 g/mol. The van der Waals surface area contributed by atoms with Gasteiger partial charge in [-0.1, -0.05) is 58.5 Å². The minimum absolute atomic E-state index is 0.0800. The Balaban J connectivity index is 0.000000196. The van der Waals surface area contributed by atoms with Gasteiger partial charge in [-0.15, -0.1) is 0 Å². The fraction of sp³-hybridized carbons (Fsp3) is 0.375. The summed E-state index contributed by atoms with van der Waals surface area (Å²) in [5.74, 6) is -1.03. The Labute approximate surface area is 401 Å². The second kappa shape index (κ2) is 20.3. The number of carbonyl (C=O) groups excluding carboxylic acids is 2. The predicted octanol–water partition coefficient (Wildman–Crippen LogP) is 14.0. The zero-order valence-corrected chi connectivity index (χ0v) is 40.2. The van der Waals surface area contributed by atoms with E-state index < -0.39 is 22.8 Å². The molecule has 66 heavy (non-hydrogen) atoms. The lowest BCUT2D eigenvalue weighted by molar-refractivity contribution is 0.0188. The van der Waals surface area contributed by atoms with Crippen molar-refractivity contribution in [2.75, 3.05) is 26.2 Å². The summed E-state index contributed by atoms with van der Waals surface area (Å²) < 4.78 is 51.6. The van der Waals surface area contributed by atoms with Crippen LogP contribution in [0, 0.1) is 11.6 Å². The number of rotatable bonds is 6. The molecule has 2 fully saturated rings. The van der Waals surface area contributed by atoms with E-state index in [1.807, 2.05) is 77.9 Å². The second-order valence-corrected chi connectivity index (χ2v) is 19.6. The fourth-order valence-electron chi connectivity index (χ4n) is 7.64. The van der Waals surface area contributed by atoms with Crippen LogP contribution in [-0.4, -0.2) is 79.3 Å². The average Bonchev–Trinajstić information content (AvgIpc) is 3.28. The third-order valence-corrected chi connectivity index (χ3v) is 12.3. The molecule has 0 radical (unpaired) electrons. The molecule has 2 saturated heterocycles. The van der Waals surface area contributed by atoms with Gasteiger partial charge in [0.05, 0.1) is 41.9 Å². The molecule has 2 aliphatic rings. The van der Waals surface area contributed by atoms with E-state index in [4.69, 9.17) is 65.4 Å². The number of hydrogen-bond acceptors (Lipinski definition) is 10. The van der Waals surface area contributed by atoms with E-state index >= 15 is 0 Å². The monoisotopic (exact) mass is 982 g/mol. The minimum atomic E-state index is -0.757. The third kappa shape index (κ3) is 11.8. The molecule has 2 amide bonds. The Morgan fingerprint density at radius 1 is 0.591 bits per heavy atom. The van der Waals surface area contributed by atoms with Crippen LogP contribution in [0.15, 0.2) is 73.3 Å². The molecule has 0 saturated carbocycles. The van der Waals surface area contributed by atoms with Crippen molar-refractivity contribution >= 4 is 80.4 Å². The van der Waals surface area contributed by atoms with Gasteiger partial charge in [0, 0.05) is 38.0 Å². The zero-order chi connectivity index (χ0) is 47.5. The highest BCUT2D eigenvalue weighted by molar-refractivity contribution is 6.42. The summed E-state index contributed by atoms with van der Waals surface area (Å²) in [6.07, 6.45) is 5.68. The van der Waals surface area contributed by atoms with E-state index in [0.29, 0.717) is 48.0 Å². The maximum atomic E-state index is 14.5. The number of ether oxygens (including phenoxy) is 4. The lowest BCUT2D eigenvalue weighted by Crippen LogP contribution is -2.42. The summed E-state index contributed by atoms with van der Waals surface area (Å²) in [4.78, 5) is 45.6. The number of aromatic nitrogens is 4. The molecule has 2 atom stereocenters. The Kier molecular flexibility index (Phi) is 15.0. The van der Waals surface area contributed by atoms with Gasteiger partial charge < -0.3 is 28.7 Å². The Morgan fingerprint density at radius 3 is 1.36 bits per heavy atom. The summed E-state index contributed by atoms with van der Waals surface area (Å²) in [6, 6.07) is 17.3. The highest BCUT2D eigenvalue weighted by Gasteiger charge is 2.31. The van der Waals surface area contributed by atoms with Crippen LogP contribution in [0.3, 0.4) is 0 Å². The Bertz CT molecular complexity index is 2590. The highest BCUT2D eigenvalue weighted by atomic mass is 35.5. The SMILES string of the molecule is CC(C)(C)OC(=O)N1CCCC(c2ccc3ncnc(Oc4ccc(Cl)c(Cl)c4F)c3c2)C1.CC(C)(C)OC(=O)N1CCC[C@@H](c2ccc3ncnc(Oc4ccc(Cl)c(Cl)c4F)c3c2)C1. The molecular formula is C48H48Cl4F2N6O6. The molecule has 0 N–H and O–H groups in total. The lowest BCUT2D eigenvalue weighted by atomic mass is 9.90. The Morgan fingerprint density at radius 2 is 0.985 bits per heavy atom. The van der Waals surface area contributed by atoms with Crippen molar-refractivity contribution in [3.8, 4) is 23.3 Å². The maximum absolute atomic E-state index is 14.5. The van der Waals surface area contributed by atoms with Gasteiger partial charge in [-0.3, -0.25) is 0 Å². The predicted molar refractivity (Wildman–Crippen MR) is 252 cm³/mol. The molecule has 18 heteroatoms. The fourth-order valence-corrected chi connectivity index (χ4v) is 8.24. The van der Waals surface area contributed by atoms with Gasteiger partial charge in [0.1, 0.15) is 23.9 Å². The largest absolute Gasteiger partial charge is 0.444 e. The van der Waals surface area contributed by atoms with Crippen molar-refractivity contribution in [2.24, 2.45) is 0 Å². The van der Waals surface area contributed by atoms with Crippen LogP contribution in [-0.2, 0) is 9.47 Å². The molecule has 8 rings (SSSR count). The smallest absolute Gasteiger partial charge is 0.410 e. The first-order valence-electron chi connectivity index (χ1n) is 21.3. The number of nitrogens with zero attached hydrogens (tertiary/aromatic N) is 6. The normalized spacial score (nSPS) is 16.7.